The molecule has 0 fully saturated rings. The first-order chi connectivity index (χ1) is 8.69. The van der Waals surface area contributed by atoms with Gasteiger partial charge in [0.2, 0.25) is 0 Å². The summed E-state index contributed by atoms with van der Waals surface area (Å²) >= 11 is 1.39. The molecule has 92 valence electrons. The maximum Gasteiger partial charge on any atom is 0.183 e. The van der Waals surface area contributed by atoms with Crippen molar-refractivity contribution < 1.29 is 0 Å². The van der Waals surface area contributed by atoms with Crippen molar-refractivity contribution in [3.8, 4) is 6.07 Å². The number of rotatable bonds is 4. The lowest BCUT2D eigenvalue weighted by atomic mass is 10.0. The molecule has 0 aliphatic carbocycles. The van der Waals surface area contributed by atoms with Crippen LogP contribution < -0.4 is 5.32 Å². The van der Waals surface area contributed by atoms with Gasteiger partial charge in [-0.2, -0.15) is 5.26 Å². The SMILES string of the molecule is Cc1ccc(CCNc2ncc(C#N)s2)c(C)c1. The molecule has 1 aromatic carbocycles. The highest BCUT2D eigenvalue weighted by Crippen LogP contribution is 2.17. The molecule has 0 saturated heterocycles. The number of hydrogen-bond donors (Lipinski definition) is 1. The molecule has 1 heterocycles. The second-order valence-corrected chi connectivity index (χ2v) is 5.28. The molecule has 0 saturated carbocycles. The number of nitrogens with one attached hydrogen (secondary N) is 1. The number of thiazole rings is 1. The Kier molecular flexibility index (Phi) is 3.96. The monoisotopic (exact) mass is 257 g/mol. The third-order valence-electron chi connectivity index (χ3n) is 2.78. The van der Waals surface area contributed by atoms with E-state index >= 15 is 0 Å². The number of nitriles is 1. The van der Waals surface area contributed by atoms with Crippen LogP contribution in [0.15, 0.2) is 24.4 Å². The van der Waals surface area contributed by atoms with Gasteiger partial charge in [0, 0.05) is 6.54 Å². The molecular formula is C14H15N3S. The van der Waals surface area contributed by atoms with Gasteiger partial charge in [-0.3, -0.25) is 0 Å². The van der Waals surface area contributed by atoms with E-state index in [2.05, 4.69) is 48.4 Å². The smallest absolute Gasteiger partial charge is 0.183 e. The molecule has 0 atom stereocenters. The van der Waals surface area contributed by atoms with Crippen LogP contribution in [0.1, 0.15) is 21.6 Å². The van der Waals surface area contributed by atoms with E-state index in [0.29, 0.717) is 4.88 Å². The van der Waals surface area contributed by atoms with Gasteiger partial charge in [0.1, 0.15) is 10.9 Å². The Labute approximate surface area is 111 Å². The molecule has 1 N–H and O–H groups in total. The predicted octanol–water partition coefficient (Wildman–Crippen LogP) is 3.29. The third-order valence-corrected chi connectivity index (χ3v) is 3.64. The fourth-order valence-electron chi connectivity index (χ4n) is 1.84. The molecule has 0 aliphatic rings. The van der Waals surface area contributed by atoms with Crippen molar-refractivity contribution in [3.63, 3.8) is 0 Å². The van der Waals surface area contributed by atoms with Gasteiger partial charge in [-0.25, -0.2) is 4.98 Å². The van der Waals surface area contributed by atoms with E-state index in [4.69, 9.17) is 5.26 Å². The highest BCUT2D eigenvalue weighted by Gasteiger charge is 2.02. The standard InChI is InChI=1S/C14H15N3S/c1-10-3-4-12(11(2)7-10)5-6-16-14-17-9-13(8-15)18-14/h3-4,7,9H,5-6H2,1-2H3,(H,16,17). The quantitative estimate of drug-likeness (QED) is 0.914. The second-order valence-electron chi connectivity index (χ2n) is 4.25. The van der Waals surface area contributed by atoms with Crippen molar-refractivity contribution in [2.45, 2.75) is 20.3 Å². The zero-order chi connectivity index (χ0) is 13.0. The number of aryl methyl sites for hydroxylation is 2. The van der Waals surface area contributed by atoms with Gasteiger partial charge < -0.3 is 5.32 Å². The Bertz CT molecular complexity index is 581. The van der Waals surface area contributed by atoms with Gasteiger partial charge in [-0.15, -0.1) is 0 Å². The van der Waals surface area contributed by atoms with E-state index in [1.165, 1.54) is 28.0 Å². The number of anilines is 1. The average Bonchev–Trinajstić information content (AvgIpc) is 2.80. The molecule has 0 unspecified atom stereocenters. The fourth-order valence-corrected chi connectivity index (χ4v) is 2.48. The normalized spacial score (nSPS) is 10.1. The minimum Gasteiger partial charge on any atom is -0.361 e. The molecule has 2 rings (SSSR count). The Hall–Kier alpha value is -1.86. The van der Waals surface area contributed by atoms with E-state index in [9.17, 15) is 0 Å². The van der Waals surface area contributed by atoms with Crippen LogP contribution in [0.2, 0.25) is 0 Å². The van der Waals surface area contributed by atoms with Crippen molar-refractivity contribution in [2.24, 2.45) is 0 Å². The van der Waals surface area contributed by atoms with Gasteiger partial charge in [0.25, 0.3) is 0 Å². The number of nitrogens with zero attached hydrogens (tertiary/aromatic N) is 2. The average molecular weight is 257 g/mol. The van der Waals surface area contributed by atoms with Crippen LogP contribution in [0, 0.1) is 25.2 Å². The van der Waals surface area contributed by atoms with Gasteiger partial charge in [-0.1, -0.05) is 35.1 Å². The summed E-state index contributed by atoms with van der Waals surface area (Å²) in [6.07, 6.45) is 2.57. The van der Waals surface area contributed by atoms with Crippen molar-refractivity contribution in [2.75, 3.05) is 11.9 Å². The summed E-state index contributed by atoms with van der Waals surface area (Å²) in [6.45, 7) is 5.08. The van der Waals surface area contributed by atoms with Crippen LogP contribution in [0.3, 0.4) is 0 Å². The Morgan fingerprint density at radius 3 is 2.89 bits per heavy atom. The molecule has 4 heteroatoms. The van der Waals surface area contributed by atoms with Crippen LogP contribution in [0.5, 0.6) is 0 Å². The van der Waals surface area contributed by atoms with Crippen LogP contribution in [-0.4, -0.2) is 11.5 Å². The molecule has 0 amide bonds. The fraction of sp³-hybridized carbons (Fsp3) is 0.286. The van der Waals surface area contributed by atoms with Gasteiger partial charge in [0.05, 0.1) is 6.20 Å². The zero-order valence-corrected chi connectivity index (χ0v) is 11.3. The molecule has 2 aromatic rings. The summed E-state index contributed by atoms with van der Waals surface area (Å²) in [4.78, 5) is 4.78. The van der Waals surface area contributed by atoms with E-state index < -0.39 is 0 Å². The van der Waals surface area contributed by atoms with E-state index in [1.54, 1.807) is 6.20 Å². The van der Waals surface area contributed by atoms with Gasteiger partial charge in [-0.05, 0) is 31.4 Å². The maximum atomic E-state index is 8.71. The Morgan fingerprint density at radius 1 is 1.39 bits per heavy atom. The van der Waals surface area contributed by atoms with E-state index in [-0.39, 0.29) is 0 Å². The minimum atomic E-state index is 0.643. The Balaban J connectivity index is 1.90. The topological polar surface area (TPSA) is 48.7 Å². The van der Waals surface area contributed by atoms with Gasteiger partial charge >= 0.3 is 0 Å². The van der Waals surface area contributed by atoms with Gasteiger partial charge in [0.15, 0.2) is 5.13 Å². The molecule has 0 spiro atoms. The van der Waals surface area contributed by atoms with Crippen LogP contribution in [0.25, 0.3) is 0 Å². The summed E-state index contributed by atoms with van der Waals surface area (Å²) in [7, 11) is 0. The summed E-state index contributed by atoms with van der Waals surface area (Å²) in [6, 6.07) is 8.60. The van der Waals surface area contributed by atoms with Crippen LogP contribution in [-0.2, 0) is 6.42 Å². The molecule has 0 radical (unpaired) electrons. The largest absolute Gasteiger partial charge is 0.361 e. The number of hydrogen-bond acceptors (Lipinski definition) is 4. The highest BCUT2D eigenvalue weighted by molar-refractivity contribution is 7.16. The zero-order valence-electron chi connectivity index (χ0n) is 10.5. The molecular weight excluding hydrogens is 242 g/mol. The molecule has 0 bridgehead atoms. The lowest BCUT2D eigenvalue weighted by Gasteiger charge is -2.07. The highest BCUT2D eigenvalue weighted by atomic mass is 32.1. The summed E-state index contributed by atoms with van der Waals surface area (Å²) in [5.74, 6) is 0. The lowest BCUT2D eigenvalue weighted by Crippen LogP contribution is -2.05. The molecule has 0 aliphatic heterocycles. The first-order valence-electron chi connectivity index (χ1n) is 5.85. The summed E-state index contributed by atoms with van der Waals surface area (Å²) in [5.41, 5.74) is 3.97. The summed E-state index contributed by atoms with van der Waals surface area (Å²) in [5, 5.41) is 12.8. The first kappa shape index (κ1) is 12.6. The number of aromatic nitrogens is 1. The van der Waals surface area contributed by atoms with Crippen LogP contribution >= 0.6 is 11.3 Å². The maximum absolute atomic E-state index is 8.71. The van der Waals surface area contributed by atoms with E-state index in [1.807, 2.05) is 0 Å². The summed E-state index contributed by atoms with van der Waals surface area (Å²) < 4.78 is 0. The van der Waals surface area contributed by atoms with Crippen molar-refractivity contribution >= 4 is 16.5 Å². The van der Waals surface area contributed by atoms with Crippen molar-refractivity contribution in [3.05, 3.63) is 46.0 Å². The van der Waals surface area contributed by atoms with Crippen LogP contribution in [0.4, 0.5) is 5.13 Å². The molecule has 18 heavy (non-hydrogen) atoms. The Morgan fingerprint density at radius 2 is 2.22 bits per heavy atom. The van der Waals surface area contributed by atoms with Crippen molar-refractivity contribution in [1.82, 2.24) is 4.98 Å². The first-order valence-corrected chi connectivity index (χ1v) is 6.66. The minimum absolute atomic E-state index is 0.643. The third kappa shape index (κ3) is 3.08. The lowest BCUT2D eigenvalue weighted by molar-refractivity contribution is 0.999. The number of benzene rings is 1. The second kappa shape index (κ2) is 5.65. The molecule has 3 nitrogen and oxygen atoms in total. The van der Waals surface area contributed by atoms with E-state index in [0.717, 1.165) is 18.1 Å². The predicted molar refractivity (Wildman–Crippen MR) is 74.9 cm³/mol. The van der Waals surface area contributed by atoms with Crippen molar-refractivity contribution in [1.29, 1.82) is 5.26 Å². The molecule has 1 aromatic heterocycles.